The van der Waals surface area contributed by atoms with Gasteiger partial charge in [0.05, 0.1) is 23.5 Å². The number of nitrogens with zero attached hydrogens (tertiary/aromatic N) is 2. The number of allylic oxidation sites excluding steroid dienone is 5. The largest absolute Gasteiger partial charge is 0.481 e. The number of aromatic nitrogens is 1. The number of hydrogen-bond donors (Lipinski definition) is 2. The fourth-order valence-electron chi connectivity index (χ4n) is 13.6. The van der Waals surface area contributed by atoms with Crippen molar-refractivity contribution in [3.63, 3.8) is 0 Å². The number of halogens is 1. The lowest BCUT2D eigenvalue weighted by atomic mass is 9.39. The van der Waals surface area contributed by atoms with E-state index in [4.69, 9.17) is 16.3 Å². The minimum atomic E-state index is -2.88. The maximum atomic E-state index is 12.8. The van der Waals surface area contributed by atoms with Crippen LogP contribution in [0.4, 0.5) is 0 Å². The zero-order valence-corrected chi connectivity index (χ0v) is 38.7. The normalized spacial score (nSPS) is 39.3. The van der Waals surface area contributed by atoms with Gasteiger partial charge in [-0.15, -0.1) is 0 Å². The van der Waals surface area contributed by atoms with E-state index in [-0.39, 0.29) is 39.9 Å². The highest BCUT2D eigenvalue weighted by Crippen LogP contribution is 2.71. The first kappa shape index (κ1) is 44.8. The second-order valence-corrected chi connectivity index (χ2v) is 23.8. The van der Waals surface area contributed by atoms with E-state index in [1.165, 1.54) is 74.5 Å². The van der Waals surface area contributed by atoms with Crippen LogP contribution >= 0.6 is 11.6 Å². The van der Waals surface area contributed by atoms with Crippen LogP contribution in [0.1, 0.15) is 131 Å². The number of fused-ring (bicyclic) bond motifs is 5. The van der Waals surface area contributed by atoms with Gasteiger partial charge in [0.15, 0.2) is 9.84 Å². The maximum Gasteiger partial charge on any atom is 0.310 e. The Bertz CT molecular complexity index is 1900. The summed E-state index contributed by atoms with van der Waals surface area (Å²) in [6.45, 7) is 23.1. The van der Waals surface area contributed by atoms with Gasteiger partial charge >= 0.3 is 5.97 Å². The molecule has 1 aromatic heterocycles. The molecular weight excluding hydrogens is 778 g/mol. The average molecular weight is 853 g/mol. The van der Waals surface area contributed by atoms with Crippen molar-refractivity contribution in [3.05, 3.63) is 58.8 Å². The van der Waals surface area contributed by atoms with Crippen molar-refractivity contribution in [1.82, 2.24) is 15.2 Å². The first-order valence-corrected chi connectivity index (χ1v) is 25.3. The molecule has 1 aliphatic heterocycles. The number of carboxylic acids is 1. The molecule has 59 heavy (non-hydrogen) atoms. The Hall–Kier alpha value is -2.20. The van der Waals surface area contributed by atoms with Crippen LogP contribution in [-0.4, -0.2) is 79.2 Å². The summed E-state index contributed by atoms with van der Waals surface area (Å²) in [5.41, 5.74) is 3.88. The second-order valence-electron chi connectivity index (χ2n) is 21.1. The van der Waals surface area contributed by atoms with Gasteiger partial charge < -0.3 is 20.1 Å². The van der Waals surface area contributed by atoms with Crippen molar-refractivity contribution < 1.29 is 23.1 Å². The third-order valence-corrected chi connectivity index (χ3v) is 20.1. The maximum absolute atomic E-state index is 12.8. The molecule has 7 rings (SSSR count). The molecule has 1 unspecified atom stereocenters. The van der Waals surface area contributed by atoms with Gasteiger partial charge in [0.1, 0.15) is 5.02 Å². The van der Waals surface area contributed by atoms with Crippen molar-refractivity contribution in [3.8, 4) is 5.88 Å². The number of ether oxygens (including phenoxy) is 1. The van der Waals surface area contributed by atoms with Crippen molar-refractivity contribution >= 4 is 27.4 Å². The van der Waals surface area contributed by atoms with Crippen LogP contribution in [0.2, 0.25) is 5.02 Å². The van der Waals surface area contributed by atoms with Gasteiger partial charge in [-0.25, -0.2) is 13.4 Å². The lowest BCUT2D eigenvalue weighted by Crippen LogP contribution is -2.65. The number of sulfone groups is 1. The lowest BCUT2D eigenvalue weighted by molar-refractivity contribution is -0.159. The second kappa shape index (κ2) is 17.2. The van der Waals surface area contributed by atoms with Crippen molar-refractivity contribution in [2.75, 3.05) is 44.3 Å². The number of aliphatic carboxylic acids is 1. The Balaban J connectivity index is 1.07. The molecule has 0 bridgehead atoms. The van der Waals surface area contributed by atoms with Crippen LogP contribution in [0.5, 0.6) is 5.88 Å². The number of nitrogens with one attached hydrogen (secondary N) is 1. The highest BCUT2D eigenvalue weighted by molar-refractivity contribution is 7.91. The molecular formula is C49H74ClN3O5S. The molecule has 6 aliphatic rings. The molecule has 1 saturated heterocycles. The summed E-state index contributed by atoms with van der Waals surface area (Å²) >= 11 is 6.26. The Labute approximate surface area is 361 Å². The smallest absolute Gasteiger partial charge is 0.310 e. The number of carbonyl (C=O) groups is 1. The molecule has 0 amide bonds. The SMILES string of the molecule is C=C(C)[C@@H]1CC[C@]2(NCCN3CCS(=O)(=O)CC3)CC[C@]3(C)[C@H](CC[C@@H]4CC/C=C(/C5=CCC(CCOc6ncccc6Cl)(C(=O)O)CC5)C(C)(C)[C@@H](C)CC[C@]43C)[C@@H]12. The van der Waals surface area contributed by atoms with Crippen molar-refractivity contribution in [2.45, 2.75) is 137 Å². The molecule has 3 saturated carbocycles. The van der Waals surface area contributed by atoms with Gasteiger partial charge in [-0.3, -0.25) is 4.79 Å². The molecule has 2 heterocycles. The van der Waals surface area contributed by atoms with Gasteiger partial charge in [0.2, 0.25) is 5.88 Å². The Morgan fingerprint density at radius 3 is 2.46 bits per heavy atom. The van der Waals surface area contributed by atoms with Crippen LogP contribution in [0.25, 0.3) is 0 Å². The number of pyridine rings is 1. The Kier molecular flexibility index (Phi) is 13.0. The summed E-state index contributed by atoms with van der Waals surface area (Å²) in [7, 11) is -2.88. The topological polar surface area (TPSA) is 109 Å². The Morgan fingerprint density at radius 2 is 1.78 bits per heavy atom. The van der Waals surface area contributed by atoms with E-state index < -0.39 is 21.2 Å². The summed E-state index contributed by atoms with van der Waals surface area (Å²) in [6, 6.07) is 3.49. The molecule has 0 aromatic carbocycles. The van der Waals surface area contributed by atoms with E-state index in [1.807, 2.05) is 0 Å². The summed E-state index contributed by atoms with van der Waals surface area (Å²) in [5.74, 6) is 3.11. The molecule has 0 spiro atoms. The van der Waals surface area contributed by atoms with Crippen molar-refractivity contribution in [2.24, 2.45) is 51.2 Å². The van der Waals surface area contributed by atoms with Crippen LogP contribution in [-0.2, 0) is 14.6 Å². The van der Waals surface area contributed by atoms with Gasteiger partial charge in [-0.05, 0) is 166 Å². The van der Waals surface area contributed by atoms with Crippen LogP contribution in [0.3, 0.4) is 0 Å². The fraction of sp³-hybridized carbons (Fsp3) is 0.755. The highest BCUT2D eigenvalue weighted by Gasteiger charge is 2.65. The van der Waals surface area contributed by atoms with E-state index in [9.17, 15) is 18.3 Å². The predicted molar refractivity (Wildman–Crippen MR) is 239 cm³/mol. The summed E-state index contributed by atoms with van der Waals surface area (Å²) in [4.78, 5) is 19.4. The highest BCUT2D eigenvalue weighted by atomic mass is 35.5. The third kappa shape index (κ3) is 8.51. The molecule has 5 aliphatic carbocycles. The zero-order chi connectivity index (χ0) is 42.4. The third-order valence-electron chi connectivity index (χ3n) is 18.2. The number of carboxylic acid groups (broad SMARTS) is 1. The quantitative estimate of drug-likeness (QED) is 0.212. The van der Waals surface area contributed by atoms with E-state index in [0.717, 1.165) is 25.9 Å². The molecule has 328 valence electrons. The summed E-state index contributed by atoms with van der Waals surface area (Å²) in [5, 5.41) is 15.2. The fourth-order valence-corrected chi connectivity index (χ4v) is 15.1. The zero-order valence-electron chi connectivity index (χ0n) is 37.1. The van der Waals surface area contributed by atoms with Gasteiger partial charge in [0.25, 0.3) is 0 Å². The molecule has 10 heteroatoms. The van der Waals surface area contributed by atoms with Crippen molar-refractivity contribution in [1.29, 1.82) is 0 Å². The lowest BCUT2D eigenvalue weighted by Gasteiger charge is -2.66. The van der Waals surface area contributed by atoms with Crippen LogP contribution in [0, 0.1) is 51.2 Å². The van der Waals surface area contributed by atoms with E-state index in [1.54, 1.807) is 18.3 Å². The summed E-state index contributed by atoms with van der Waals surface area (Å²) in [6.07, 6.45) is 20.9. The first-order valence-electron chi connectivity index (χ1n) is 23.1. The number of rotatable bonds is 11. The monoisotopic (exact) mass is 852 g/mol. The standard InChI is InChI=1S/C49H74ClN3O5S/c1-34(2)38-18-22-49(52-27-28-53-29-32-59(56,57)33-30-53)24-23-47(7)40(42(38)49)14-13-37-10-8-11-39(45(4,5)35(3)15-19-46(37,47)6)36-16-20-48(21-17-36,44(54)55)25-31-58-43-41(50)12-9-26-51-43/h9,11-12,16,26,35,37-38,40,42,52H,1,8,10,13-15,17-25,27-33H2,2-7H3,(H,54,55)/b39-11-/t35-,37-,38-,40+,42+,46+,47+,48?,49-/m0/s1. The van der Waals surface area contributed by atoms with E-state index >= 15 is 0 Å². The molecule has 0 radical (unpaired) electrons. The number of hydrogen-bond acceptors (Lipinski definition) is 7. The van der Waals surface area contributed by atoms with E-state index in [2.05, 4.69) is 75.5 Å². The van der Waals surface area contributed by atoms with E-state index in [0.29, 0.717) is 72.8 Å². The molecule has 1 aromatic rings. The van der Waals surface area contributed by atoms with Gasteiger partial charge in [0, 0.05) is 37.9 Å². The summed E-state index contributed by atoms with van der Waals surface area (Å²) < 4.78 is 30.0. The van der Waals surface area contributed by atoms with Gasteiger partial charge in [-0.2, -0.15) is 0 Å². The molecule has 2 N–H and O–H groups in total. The van der Waals surface area contributed by atoms with Crippen LogP contribution in [0.15, 0.2) is 53.8 Å². The van der Waals surface area contributed by atoms with Gasteiger partial charge in [-0.1, -0.05) is 70.5 Å². The first-order chi connectivity index (χ1) is 27.9. The Morgan fingerprint density at radius 1 is 1.02 bits per heavy atom. The molecule has 8 nitrogen and oxygen atoms in total. The molecule has 4 fully saturated rings. The molecule has 9 atom stereocenters. The minimum absolute atomic E-state index is 0.0350. The predicted octanol–water partition coefficient (Wildman–Crippen LogP) is 10.3. The average Bonchev–Trinajstić information content (AvgIpc) is 3.58. The van der Waals surface area contributed by atoms with Crippen LogP contribution < -0.4 is 10.1 Å². The minimum Gasteiger partial charge on any atom is -0.481 e.